The van der Waals surface area contributed by atoms with Crippen LogP contribution in [0.2, 0.25) is 0 Å². The number of anilines is 2. The molecular weight excluding hydrogens is 988 g/mol. The van der Waals surface area contributed by atoms with E-state index in [-0.39, 0.29) is 61.6 Å². The summed E-state index contributed by atoms with van der Waals surface area (Å²) >= 11 is 0. The number of nitrogens with zero attached hydrogens (tertiary/aromatic N) is 9. The number of imidazole rings is 1. The molecule has 2 saturated heterocycles. The largest absolute Gasteiger partial charge is 0.472 e. The standard InChI is InChI=1S/C38H51N13O18P2/c1-38(2,3)68-37(56)46-22(6-4-5-12-42-36(55)62-15-20-7-9-21(10-8-20)48-49-41)34(53)67-30-25(66-33(29(30)52)51-19-45-28-31(40)43-18-44-32(28)51)17-64-71(60,61)69-23-14-27(50-13-11-26(39)47-35(50)54)65-24(23)16-63-70(57,58)59/h7-11,13,18-19,22-25,27,29-30,33,52H,4-6,12,14-17H2,1-3H3,(H,42,55)(H,46,56)(H,60,61)(H2,39,47,54)(H2,40,43,44)(H2,57,58,59)/t22?,23-,24-,25+,27+,29+,30+,33+/m0/s1. The molecule has 0 radical (unpaired) electrons. The summed E-state index contributed by atoms with van der Waals surface area (Å²) in [5.74, 6) is -1.27. The van der Waals surface area contributed by atoms with Crippen LogP contribution in [0, 0.1) is 0 Å². The number of aromatic nitrogens is 6. The number of alkyl carbamates (subject to hydrolysis) is 2. The van der Waals surface area contributed by atoms with Gasteiger partial charge in [-0.3, -0.25) is 22.7 Å². The summed E-state index contributed by atoms with van der Waals surface area (Å²) in [5.41, 5.74) is 19.4. The van der Waals surface area contributed by atoms with E-state index in [1.165, 1.54) is 23.2 Å². The SMILES string of the molecule is CC(C)(C)OC(=O)NC(CCCCNC(=O)OCc1ccc(N=[N+]=[N-])cc1)C(=O)O[C@H]1[C@@H](O)[C@H](n2cnc3c(N)ncnc32)O[C@@H]1COP(=O)(O)O[C@H]1C[C@H](n2ccc(N)nc2=O)O[C@H]1COP(=O)(O)O. The molecule has 33 heteroatoms. The fraction of sp³-hybridized carbons (Fsp3) is 0.526. The Morgan fingerprint density at radius 2 is 1.73 bits per heavy atom. The quantitative estimate of drug-likeness (QED) is 0.0113. The van der Waals surface area contributed by atoms with Crippen LogP contribution in [0.1, 0.15) is 64.5 Å². The van der Waals surface area contributed by atoms with Gasteiger partial charge in [0, 0.05) is 29.8 Å². The van der Waals surface area contributed by atoms with Crippen LogP contribution in [0.25, 0.3) is 21.6 Å². The van der Waals surface area contributed by atoms with E-state index in [9.17, 15) is 48.1 Å². The van der Waals surface area contributed by atoms with Gasteiger partial charge in [-0.25, -0.2) is 43.3 Å². The van der Waals surface area contributed by atoms with Crippen LogP contribution in [-0.2, 0) is 57.8 Å². The molecule has 0 spiro atoms. The molecule has 2 fully saturated rings. The summed E-state index contributed by atoms with van der Waals surface area (Å²) in [5, 5.41) is 20.3. The lowest BCUT2D eigenvalue weighted by molar-refractivity contribution is -0.159. The number of azide groups is 1. The zero-order chi connectivity index (χ0) is 51.7. The van der Waals surface area contributed by atoms with E-state index in [0.717, 1.165) is 10.9 Å². The van der Waals surface area contributed by atoms with Crippen LogP contribution in [0.5, 0.6) is 0 Å². The molecule has 1 aromatic carbocycles. The third kappa shape index (κ3) is 15.3. The highest BCUT2D eigenvalue weighted by Gasteiger charge is 2.50. The number of amides is 2. The first-order chi connectivity index (χ1) is 33.5. The number of rotatable bonds is 21. The predicted octanol–water partition coefficient (Wildman–Crippen LogP) is 2.25. The summed E-state index contributed by atoms with van der Waals surface area (Å²) in [4.78, 5) is 100. The molecule has 0 saturated carbocycles. The van der Waals surface area contributed by atoms with Gasteiger partial charge in [0.2, 0.25) is 0 Å². The van der Waals surface area contributed by atoms with Gasteiger partial charge in [0.15, 0.2) is 23.8 Å². The van der Waals surface area contributed by atoms with E-state index in [1.807, 2.05) is 0 Å². The number of phosphoric acid groups is 2. The summed E-state index contributed by atoms with van der Waals surface area (Å²) < 4.78 is 70.9. The molecule has 2 aliphatic rings. The molecule has 0 bridgehead atoms. The molecule has 2 unspecified atom stereocenters. The van der Waals surface area contributed by atoms with Crippen LogP contribution in [-0.4, -0.2) is 129 Å². The number of aliphatic hydroxyl groups excluding tert-OH is 1. The number of unbranched alkanes of at least 4 members (excludes halogenated alkanes) is 1. The number of nitrogens with one attached hydrogen (secondary N) is 2. The monoisotopic (exact) mass is 1040 g/mol. The first kappa shape index (κ1) is 54.0. The Balaban J connectivity index is 1.15. The smallest absolute Gasteiger partial charge is 0.455 e. The normalized spacial score (nSPS) is 22.5. The number of benzene rings is 1. The van der Waals surface area contributed by atoms with Gasteiger partial charge in [0.1, 0.15) is 66.6 Å². The van der Waals surface area contributed by atoms with Crippen LogP contribution in [0.3, 0.4) is 0 Å². The zero-order valence-corrected chi connectivity index (χ0v) is 39.8. The molecule has 386 valence electrons. The molecule has 10 N–H and O–H groups in total. The Bertz CT molecular complexity index is 2730. The molecule has 4 aromatic rings. The van der Waals surface area contributed by atoms with Gasteiger partial charge in [-0.1, -0.05) is 29.4 Å². The van der Waals surface area contributed by atoms with Crippen molar-refractivity contribution >= 4 is 62.3 Å². The van der Waals surface area contributed by atoms with Crippen LogP contribution in [0.4, 0.5) is 26.9 Å². The van der Waals surface area contributed by atoms with E-state index < -0.39 is 107 Å². The number of phosphoric ester groups is 2. The fourth-order valence-electron chi connectivity index (χ4n) is 7.09. The number of fused-ring (bicyclic) bond motifs is 1. The van der Waals surface area contributed by atoms with Gasteiger partial charge in [-0.2, -0.15) is 4.98 Å². The Labute approximate surface area is 401 Å². The minimum atomic E-state index is -5.29. The molecule has 3 aromatic heterocycles. The van der Waals surface area contributed by atoms with Crippen LogP contribution < -0.4 is 27.8 Å². The van der Waals surface area contributed by atoms with Gasteiger partial charge in [-0.05, 0) is 57.2 Å². The van der Waals surface area contributed by atoms with Crippen molar-refractivity contribution in [1.82, 2.24) is 39.7 Å². The average molecular weight is 1040 g/mol. The Kier molecular flexibility index (Phi) is 17.7. The lowest BCUT2D eigenvalue weighted by Gasteiger charge is -2.26. The summed E-state index contributed by atoms with van der Waals surface area (Å²) in [6.45, 7) is 2.95. The van der Waals surface area contributed by atoms with Crippen molar-refractivity contribution in [3.8, 4) is 0 Å². The lowest BCUT2D eigenvalue weighted by atomic mass is 10.1. The number of hydrogen-bond donors (Lipinski definition) is 8. The zero-order valence-electron chi connectivity index (χ0n) is 38.0. The molecule has 2 aliphatic heterocycles. The van der Waals surface area contributed by atoms with Crippen molar-refractivity contribution in [2.24, 2.45) is 5.11 Å². The Morgan fingerprint density at radius 1 is 1.00 bits per heavy atom. The van der Waals surface area contributed by atoms with Crippen LogP contribution in [0.15, 0.2) is 59.1 Å². The molecule has 31 nitrogen and oxygen atoms in total. The highest BCUT2D eigenvalue weighted by atomic mass is 31.2. The van der Waals surface area contributed by atoms with Crippen molar-refractivity contribution in [3.63, 3.8) is 0 Å². The van der Waals surface area contributed by atoms with E-state index in [0.29, 0.717) is 11.3 Å². The number of ether oxygens (including phenoxy) is 5. The maximum Gasteiger partial charge on any atom is 0.472 e. The average Bonchev–Trinajstić information content (AvgIpc) is 3.98. The van der Waals surface area contributed by atoms with Gasteiger partial charge < -0.3 is 65.6 Å². The van der Waals surface area contributed by atoms with Crippen LogP contribution >= 0.6 is 15.6 Å². The number of nitrogen functional groups attached to an aromatic ring is 2. The molecule has 0 aliphatic carbocycles. The van der Waals surface area contributed by atoms with Crippen molar-refractivity contribution < 1.29 is 80.6 Å². The van der Waals surface area contributed by atoms with Crippen molar-refractivity contribution in [3.05, 3.63) is 75.7 Å². The first-order valence-corrected chi connectivity index (χ1v) is 24.4. The predicted molar refractivity (Wildman–Crippen MR) is 240 cm³/mol. The van der Waals surface area contributed by atoms with Gasteiger partial charge in [0.25, 0.3) is 0 Å². The lowest BCUT2D eigenvalue weighted by Crippen LogP contribution is -2.47. The second-order valence-electron chi connectivity index (χ2n) is 16.7. The number of esters is 1. The fourth-order valence-corrected chi connectivity index (χ4v) is 8.39. The highest BCUT2D eigenvalue weighted by molar-refractivity contribution is 7.47. The third-order valence-electron chi connectivity index (χ3n) is 10.3. The molecule has 5 heterocycles. The number of hydrogen-bond acceptors (Lipinski definition) is 22. The van der Waals surface area contributed by atoms with Gasteiger partial charge in [0.05, 0.1) is 19.5 Å². The molecule has 6 rings (SSSR count). The number of aliphatic hydroxyl groups is 1. The minimum Gasteiger partial charge on any atom is -0.455 e. The van der Waals surface area contributed by atoms with E-state index in [2.05, 4.69) is 45.1 Å². The van der Waals surface area contributed by atoms with Gasteiger partial charge in [-0.15, -0.1) is 0 Å². The highest BCUT2D eigenvalue weighted by Crippen LogP contribution is 2.50. The number of carbonyl (C=O) groups excluding carboxylic acids is 3. The van der Waals surface area contributed by atoms with Gasteiger partial charge >= 0.3 is 39.5 Å². The molecule has 71 heavy (non-hydrogen) atoms. The second kappa shape index (κ2) is 23.3. The van der Waals surface area contributed by atoms with Crippen molar-refractivity contribution in [2.45, 2.75) is 108 Å². The Hall–Kier alpha value is -6.33. The molecule has 9 atom stereocenters. The molecular formula is C38H51N13O18P2. The summed E-state index contributed by atoms with van der Waals surface area (Å²) in [7, 11) is -10.4. The first-order valence-electron chi connectivity index (χ1n) is 21.4. The number of nitrogens with two attached hydrogens (primary N) is 2. The minimum absolute atomic E-state index is 0.0269. The summed E-state index contributed by atoms with van der Waals surface area (Å²) in [6.07, 6.45) is -9.11. The Morgan fingerprint density at radius 3 is 2.42 bits per heavy atom. The third-order valence-corrected chi connectivity index (χ3v) is 11.8. The second-order valence-corrected chi connectivity index (χ2v) is 19.3. The topological polar surface area (TPSA) is 443 Å². The molecule has 2 amide bonds. The van der Waals surface area contributed by atoms with Crippen molar-refractivity contribution in [1.29, 1.82) is 0 Å². The van der Waals surface area contributed by atoms with Crippen molar-refractivity contribution in [2.75, 3.05) is 31.2 Å². The maximum absolute atomic E-state index is 14.1. The van der Waals surface area contributed by atoms with E-state index in [4.69, 9.17) is 49.7 Å². The van der Waals surface area contributed by atoms with E-state index >= 15 is 0 Å². The summed E-state index contributed by atoms with van der Waals surface area (Å²) in [6, 6.07) is 6.16. The van der Waals surface area contributed by atoms with E-state index in [1.54, 1.807) is 45.0 Å². The number of carbonyl (C=O) groups is 3. The maximum atomic E-state index is 14.1.